The van der Waals surface area contributed by atoms with Gasteiger partial charge >= 0.3 is 0 Å². The fourth-order valence-electron chi connectivity index (χ4n) is 5.45. The van der Waals surface area contributed by atoms with Crippen molar-refractivity contribution in [3.05, 3.63) is 59.7 Å². The van der Waals surface area contributed by atoms with Crippen molar-refractivity contribution in [3.8, 4) is 11.5 Å². The summed E-state index contributed by atoms with van der Waals surface area (Å²) in [4.78, 5) is 15.4. The summed E-state index contributed by atoms with van der Waals surface area (Å²) in [6, 6.07) is 15.7. The van der Waals surface area contributed by atoms with E-state index in [-0.39, 0.29) is 17.9 Å². The molecule has 1 amide bonds. The van der Waals surface area contributed by atoms with Gasteiger partial charge in [-0.15, -0.1) is 0 Å². The molecule has 31 heavy (non-hydrogen) atoms. The Kier molecular flexibility index (Phi) is 6.51. The van der Waals surface area contributed by atoms with Gasteiger partial charge in [-0.3, -0.25) is 4.79 Å². The minimum atomic E-state index is -0.718. The fraction of sp³-hybridized carbons (Fsp3) is 0.500. The molecule has 1 heterocycles. The molecule has 1 aliphatic heterocycles. The van der Waals surface area contributed by atoms with Gasteiger partial charge in [0.2, 0.25) is 5.91 Å². The lowest BCUT2D eigenvalue weighted by Gasteiger charge is -2.52. The molecule has 2 aliphatic rings. The number of hydrogen-bond donors (Lipinski definition) is 1. The second-order valence-corrected chi connectivity index (χ2v) is 8.83. The molecule has 2 aromatic rings. The SMILES string of the molecule is COc1ccc([C@@H]2[C@H]3CCCC[C@]3(O)CCN2C(=O)CCc2ccccc2)c(OC)c1. The van der Waals surface area contributed by atoms with E-state index < -0.39 is 5.60 Å². The largest absolute Gasteiger partial charge is 0.497 e. The number of piperidine rings is 1. The zero-order valence-corrected chi connectivity index (χ0v) is 18.5. The Labute approximate surface area is 185 Å². The van der Waals surface area contributed by atoms with Crippen molar-refractivity contribution >= 4 is 5.91 Å². The Morgan fingerprint density at radius 2 is 1.90 bits per heavy atom. The van der Waals surface area contributed by atoms with Crippen LogP contribution in [-0.2, 0) is 11.2 Å². The lowest BCUT2D eigenvalue weighted by Crippen LogP contribution is -2.56. The van der Waals surface area contributed by atoms with Crippen LogP contribution in [-0.4, -0.2) is 42.3 Å². The van der Waals surface area contributed by atoms with Gasteiger partial charge in [0.15, 0.2) is 0 Å². The van der Waals surface area contributed by atoms with Gasteiger partial charge in [-0.25, -0.2) is 0 Å². The molecule has 3 atom stereocenters. The molecule has 2 fully saturated rings. The van der Waals surface area contributed by atoms with Crippen LogP contribution >= 0.6 is 0 Å². The first kappa shape index (κ1) is 21.7. The quantitative estimate of drug-likeness (QED) is 0.742. The van der Waals surface area contributed by atoms with Gasteiger partial charge in [0, 0.05) is 30.5 Å². The number of methoxy groups -OCH3 is 2. The van der Waals surface area contributed by atoms with E-state index in [9.17, 15) is 9.90 Å². The molecule has 0 radical (unpaired) electrons. The number of hydrogen-bond acceptors (Lipinski definition) is 4. The maximum atomic E-state index is 13.4. The van der Waals surface area contributed by atoms with Crippen molar-refractivity contribution in [3.63, 3.8) is 0 Å². The molecule has 5 heteroatoms. The molecule has 1 saturated carbocycles. The van der Waals surface area contributed by atoms with E-state index in [4.69, 9.17) is 9.47 Å². The predicted octanol–water partition coefficient (Wildman–Crippen LogP) is 4.53. The molecule has 166 valence electrons. The monoisotopic (exact) mass is 423 g/mol. The van der Waals surface area contributed by atoms with Gasteiger partial charge in [-0.1, -0.05) is 43.2 Å². The number of nitrogens with zero attached hydrogens (tertiary/aromatic N) is 1. The van der Waals surface area contributed by atoms with Crippen LogP contribution in [0, 0.1) is 5.92 Å². The summed E-state index contributed by atoms with van der Waals surface area (Å²) in [6.45, 7) is 0.570. The molecule has 0 bridgehead atoms. The Morgan fingerprint density at radius 3 is 2.65 bits per heavy atom. The molecule has 0 aromatic heterocycles. The number of benzene rings is 2. The van der Waals surface area contributed by atoms with Crippen molar-refractivity contribution in [1.82, 2.24) is 4.90 Å². The van der Waals surface area contributed by atoms with Crippen LogP contribution in [0.3, 0.4) is 0 Å². The van der Waals surface area contributed by atoms with Crippen LogP contribution in [0.15, 0.2) is 48.5 Å². The first-order chi connectivity index (χ1) is 15.1. The third kappa shape index (κ3) is 4.42. The second-order valence-electron chi connectivity index (χ2n) is 8.83. The Balaban J connectivity index is 1.66. The van der Waals surface area contributed by atoms with E-state index in [2.05, 4.69) is 12.1 Å². The van der Waals surface area contributed by atoms with Crippen LogP contribution in [0.1, 0.15) is 55.7 Å². The maximum absolute atomic E-state index is 13.4. The van der Waals surface area contributed by atoms with E-state index in [1.807, 2.05) is 41.3 Å². The average molecular weight is 424 g/mol. The molecule has 0 unspecified atom stereocenters. The molecular weight excluding hydrogens is 390 g/mol. The van der Waals surface area contributed by atoms with Crippen molar-refractivity contribution in [2.45, 2.75) is 56.6 Å². The molecule has 2 aromatic carbocycles. The van der Waals surface area contributed by atoms with Gasteiger partial charge < -0.3 is 19.5 Å². The zero-order valence-electron chi connectivity index (χ0n) is 18.5. The topological polar surface area (TPSA) is 59.0 Å². The number of carbonyl (C=O) groups excluding carboxylic acids is 1. The van der Waals surface area contributed by atoms with E-state index in [0.717, 1.165) is 43.4 Å². The third-order valence-corrected chi connectivity index (χ3v) is 7.12. The standard InChI is InChI=1S/C26H33NO4/c1-30-20-12-13-21(23(18-20)31-2)25-22-10-6-7-15-26(22,29)16-17-27(25)24(28)14-11-19-8-4-3-5-9-19/h3-5,8-9,12-13,18,22,25,29H,6-7,10-11,14-17H2,1-2H3/t22-,25-,26+/m1/s1. The van der Waals surface area contributed by atoms with Crippen LogP contribution < -0.4 is 9.47 Å². The Hall–Kier alpha value is -2.53. The number of carbonyl (C=O) groups is 1. The molecule has 5 nitrogen and oxygen atoms in total. The summed E-state index contributed by atoms with van der Waals surface area (Å²) >= 11 is 0. The molecular formula is C26H33NO4. The van der Waals surface area contributed by atoms with Gasteiger partial charge in [0.25, 0.3) is 0 Å². The number of rotatable bonds is 6. The number of amides is 1. The number of fused-ring (bicyclic) bond motifs is 1. The van der Waals surface area contributed by atoms with Gasteiger partial charge in [0.1, 0.15) is 11.5 Å². The normalized spacial score (nSPS) is 25.6. The van der Waals surface area contributed by atoms with Crippen LogP contribution in [0.4, 0.5) is 0 Å². The van der Waals surface area contributed by atoms with Gasteiger partial charge in [-0.05, 0) is 43.4 Å². The minimum absolute atomic E-state index is 0.0120. The first-order valence-electron chi connectivity index (χ1n) is 11.3. The molecule has 1 aliphatic carbocycles. The third-order valence-electron chi connectivity index (χ3n) is 7.12. The van der Waals surface area contributed by atoms with Gasteiger partial charge in [0.05, 0.1) is 25.9 Å². The smallest absolute Gasteiger partial charge is 0.223 e. The van der Waals surface area contributed by atoms with Crippen molar-refractivity contribution in [2.75, 3.05) is 20.8 Å². The maximum Gasteiger partial charge on any atom is 0.223 e. The minimum Gasteiger partial charge on any atom is -0.497 e. The van der Waals surface area contributed by atoms with E-state index in [1.165, 1.54) is 5.56 Å². The highest BCUT2D eigenvalue weighted by atomic mass is 16.5. The van der Waals surface area contributed by atoms with Crippen molar-refractivity contribution in [2.24, 2.45) is 5.92 Å². The number of likely N-dealkylation sites (tertiary alicyclic amines) is 1. The Bertz CT molecular complexity index is 900. The highest BCUT2D eigenvalue weighted by Gasteiger charge is 2.50. The van der Waals surface area contributed by atoms with Crippen molar-refractivity contribution in [1.29, 1.82) is 0 Å². The lowest BCUT2D eigenvalue weighted by atomic mass is 9.66. The molecule has 1 N–H and O–H groups in total. The van der Waals surface area contributed by atoms with E-state index >= 15 is 0 Å². The van der Waals surface area contributed by atoms with Crippen LogP contribution in [0.5, 0.6) is 11.5 Å². The first-order valence-corrected chi connectivity index (χ1v) is 11.3. The van der Waals surface area contributed by atoms with Crippen LogP contribution in [0.25, 0.3) is 0 Å². The van der Waals surface area contributed by atoms with E-state index in [1.54, 1.807) is 14.2 Å². The van der Waals surface area contributed by atoms with Gasteiger partial charge in [-0.2, -0.15) is 0 Å². The number of ether oxygens (including phenoxy) is 2. The summed E-state index contributed by atoms with van der Waals surface area (Å²) in [6.07, 6.45) is 5.67. The lowest BCUT2D eigenvalue weighted by molar-refractivity contribution is -0.155. The predicted molar refractivity (Wildman–Crippen MR) is 120 cm³/mol. The second kappa shape index (κ2) is 9.31. The molecule has 1 saturated heterocycles. The number of aryl methyl sites for hydroxylation is 1. The number of aliphatic hydroxyl groups is 1. The van der Waals surface area contributed by atoms with Crippen molar-refractivity contribution < 1.29 is 19.4 Å². The fourth-order valence-corrected chi connectivity index (χ4v) is 5.45. The summed E-state index contributed by atoms with van der Waals surface area (Å²) < 4.78 is 11.1. The van der Waals surface area contributed by atoms with Crippen LogP contribution in [0.2, 0.25) is 0 Å². The summed E-state index contributed by atoms with van der Waals surface area (Å²) in [5.41, 5.74) is 1.41. The average Bonchev–Trinajstić information content (AvgIpc) is 2.81. The molecule has 4 rings (SSSR count). The highest BCUT2D eigenvalue weighted by Crippen LogP contribution is 2.51. The summed E-state index contributed by atoms with van der Waals surface area (Å²) in [5, 5.41) is 11.5. The highest BCUT2D eigenvalue weighted by molar-refractivity contribution is 5.77. The Morgan fingerprint density at radius 1 is 1.10 bits per heavy atom. The van der Waals surface area contributed by atoms with E-state index in [0.29, 0.717) is 25.1 Å². The zero-order chi connectivity index (χ0) is 21.8. The summed E-state index contributed by atoms with van der Waals surface area (Å²) in [7, 11) is 3.28. The summed E-state index contributed by atoms with van der Waals surface area (Å²) in [5.74, 6) is 1.58. The molecule has 0 spiro atoms.